The van der Waals surface area contributed by atoms with Gasteiger partial charge in [-0.3, -0.25) is 0 Å². The molecule has 0 aromatic rings. The first kappa shape index (κ1) is 15.3. The molecule has 0 rings (SSSR count). The first-order valence-electron chi connectivity index (χ1n) is 4.54. The number of ketones is 1. The molecule has 0 amide bonds. The van der Waals surface area contributed by atoms with Gasteiger partial charge in [-0.1, -0.05) is 27.2 Å². The van der Waals surface area contributed by atoms with E-state index in [1.165, 1.54) is 0 Å². The van der Waals surface area contributed by atoms with Gasteiger partial charge in [0.1, 0.15) is 5.78 Å². The Labute approximate surface area is 102 Å². The van der Waals surface area contributed by atoms with Crippen LogP contribution in [0.25, 0.3) is 0 Å². The zero-order valence-corrected chi connectivity index (χ0v) is 11.3. The van der Waals surface area contributed by atoms with Crippen LogP contribution in [-0.4, -0.2) is 5.78 Å². The van der Waals surface area contributed by atoms with Crippen LogP contribution >= 0.6 is 0 Å². The largest absolute Gasteiger partial charge is 0.333 e. The molecule has 0 aliphatic carbocycles. The summed E-state index contributed by atoms with van der Waals surface area (Å²) in [5, 5.41) is 0. The van der Waals surface area contributed by atoms with E-state index in [4.69, 9.17) is 0 Å². The number of carbonyl (C=O) groups is 1. The molecule has 2 heteroatoms. The third kappa shape index (κ3) is 4.72. The van der Waals surface area contributed by atoms with Crippen LogP contribution in [0.2, 0.25) is 0 Å². The maximum absolute atomic E-state index is 11.5. The van der Waals surface area contributed by atoms with Crippen LogP contribution in [0.4, 0.5) is 0 Å². The quantitative estimate of drug-likeness (QED) is 0.679. The fraction of sp³-hybridized carbons (Fsp3) is 0.800. The number of carbonyl (C=O) groups excluding carboxylic acids is 1. The van der Waals surface area contributed by atoms with Gasteiger partial charge in [-0.2, -0.15) is 0 Å². The fourth-order valence-corrected chi connectivity index (χ4v) is 1.23. The van der Waals surface area contributed by atoms with E-state index >= 15 is 0 Å². The zero-order valence-electron chi connectivity index (χ0n) is 8.47. The molecule has 1 atom stereocenters. The molecule has 0 saturated heterocycles. The van der Waals surface area contributed by atoms with Crippen LogP contribution in [-0.2, 0) is 37.5 Å². The van der Waals surface area contributed by atoms with Gasteiger partial charge in [0.05, 0.1) is 0 Å². The molecule has 1 radical (unpaired) electrons. The Hall–Kier alpha value is 0.774. The van der Waals surface area contributed by atoms with E-state index < -0.39 is 0 Å². The predicted octanol–water partition coefficient (Wildman–Crippen LogP) is 2.85. The maximum Gasteiger partial charge on any atom is 0.109 e. The summed E-state index contributed by atoms with van der Waals surface area (Å²) in [5.74, 6) is 0.606. The molecule has 0 aliphatic rings. The third-order valence-electron chi connectivity index (χ3n) is 2.28. The van der Waals surface area contributed by atoms with Crippen molar-refractivity contribution in [1.29, 1.82) is 0 Å². The van der Waals surface area contributed by atoms with Crippen molar-refractivity contribution in [3.63, 3.8) is 0 Å². The van der Waals surface area contributed by atoms with E-state index in [0.717, 1.165) is 19.3 Å². The molecular weight excluding hydrogens is 225 g/mol. The molecule has 0 aliphatic heterocycles. The van der Waals surface area contributed by atoms with E-state index in [-0.39, 0.29) is 44.5 Å². The van der Waals surface area contributed by atoms with Gasteiger partial charge in [0.15, 0.2) is 0 Å². The van der Waals surface area contributed by atoms with Crippen molar-refractivity contribution in [2.75, 3.05) is 0 Å². The van der Waals surface area contributed by atoms with Crippen LogP contribution in [0.5, 0.6) is 0 Å². The van der Waals surface area contributed by atoms with E-state index in [9.17, 15) is 4.79 Å². The van der Waals surface area contributed by atoms with Gasteiger partial charge in [-0.25, -0.2) is 0 Å². The smallest absolute Gasteiger partial charge is 0.109 e. The van der Waals surface area contributed by atoms with Crippen molar-refractivity contribution < 1.29 is 37.5 Å². The van der Waals surface area contributed by atoms with Crippen LogP contribution in [0, 0.1) is 18.8 Å². The number of rotatable bonds is 5. The fourth-order valence-electron chi connectivity index (χ4n) is 1.23. The van der Waals surface area contributed by atoms with Crippen LogP contribution in [0.3, 0.4) is 0 Å². The van der Waals surface area contributed by atoms with Crippen molar-refractivity contribution in [2.24, 2.45) is 11.8 Å². The molecule has 0 aromatic heterocycles. The molecule has 69 valence electrons. The predicted molar refractivity (Wildman–Crippen MR) is 48.2 cm³/mol. The summed E-state index contributed by atoms with van der Waals surface area (Å²) < 4.78 is 0. The summed E-state index contributed by atoms with van der Waals surface area (Å²) in [5.41, 5.74) is 0. The van der Waals surface area contributed by atoms with Crippen LogP contribution in [0.1, 0.15) is 40.0 Å². The molecule has 0 bridgehead atoms. The summed E-state index contributed by atoms with van der Waals surface area (Å²) in [6, 6.07) is 0. The van der Waals surface area contributed by atoms with E-state index in [2.05, 4.69) is 20.8 Å². The first-order chi connectivity index (χ1) is 5.17. The summed E-state index contributed by atoms with van der Waals surface area (Å²) in [7, 11) is 0. The molecule has 0 spiro atoms. The SMILES string of the molecule is [CH2-]C(CC)C(=O)C(CC)CC.[Y]. The summed E-state index contributed by atoms with van der Waals surface area (Å²) in [4.78, 5) is 11.5. The van der Waals surface area contributed by atoms with Crippen molar-refractivity contribution in [3.05, 3.63) is 6.92 Å². The Morgan fingerprint density at radius 3 is 1.83 bits per heavy atom. The normalized spacial score (nSPS) is 12.4. The number of Topliss-reactive ketones (excluding diaryl/α,β-unsaturated/α-hetero) is 1. The minimum absolute atomic E-state index is 0. The van der Waals surface area contributed by atoms with Gasteiger partial charge in [0, 0.05) is 38.6 Å². The summed E-state index contributed by atoms with van der Waals surface area (Å²) >= 11 is 0. The minimum atomic E-state index is 0. The third-order valence-corrected chi connectivity index (χ3v) is 2.28. The van der Waals surface area contributed by atoms with Crippen molar-refractivity contribution in [3.8, 4) is 0 Å². The molecule has 0 aromatic carbocycles. The monoisotopic (exact) mass is 244 g/mol. The van der Waals surface area contributed by atoms with Crippen molar-refractivity contribution >= 4 is 5.78 Å². The topological polar surface area (TPSA) is 17.1 Å². The average Bonchev–Trinajstić information content (AvgIpc) is 2.05. The van der Waals surface area contributed by atoms with Crippen LogP contribution in [0.15, 0.2) is 0 Å². The molecular formula is C10H19OY-. The molecule has 0 heterocycles. The van der Waals surface area contributed by atoms with E-state index in [1.54, 1.807) is 0 Å². The van der Waals surface area contributed by atoms with Gasteiger partial charge in [0.2, 0.25) is 0 Å². The first-order valence-corrected chi connectivity index (χ1v) is 4.54. The second-order valence-corrected chi connectivity index (χ2v) is 3.02. The van der Waals surface area contributed by atoms with E-state index in [0.29, 0.717) is 5.78 Å². The second-order valence-electron chi connectivity index (χ2n) is 3.02. The van der Waals surface area contributed by atoms with Crippen molar-refractivity contribution in [2.45, 2.75) is 40.0 Å². The Morgan fingerprint density at radius 1 is 1.17 bits per heavy atom. The van der Waals surface area contributed by atoms with Crippen LogP contribution < -0.4 is 0 Å². The molecule has 12 heavy (non-hydrogen) atoms. The summed E-state index contributed by atoms with van der Waals surface area (Å²) in [6.07, 6.45) is 2.79. The summed E-state index contributed by atoms with van der Waals surface area (Å²) in [6.45, 7) is 9.96. The number of hydrogen-bond donors (Lipinski definition) is 0. The second kappa shape index (κ2) is 8.38. The minimum Gasteiger partial charge on any atom is -0.333 e. The Balaban J connectivity index is 0. The molecule has 0 saturated carbocycles. The molecule has 1 nitrogen and oxygen atoms in total. The van der Waals surface area contributed by atoms with Gasteiger partial charge in [-0.05, 0) is 12.8 Å². The molecule has 0 N–H and O–H groups in total. The zero-order chi connectivity index (χ0) is 8.85. The van der Waals surface area contributed by atoms with E-state index in [1.807, 2.05) is 6.92 Å². The Morgan fingerprint density at radius 2 is 1.58 bits per heavy atom. The standard InChI is InChI=1S/C10H19O.Y/c1-5-8(4)10(11)9(6-2)7-3;/h8-9H,4-7H2,1-3H3;/q-1;. The maximum atomic E-state index is 11.5. The van der Waals surface area contributed by atoms with Gasteiger partial charge >= 0.3 is 0 Å². The molecule has 0 fully saturated rings. The van der Waals surface area contributed by atoms with Gasteiger partial charge in [0.25, 0.3) is 0 Å². The average molecular weight is 244 g/mol. The number of hydrogen-bond acceptors (Lipinski definition) is 1. The van der Waals surface area contributed by atoms with Crippen molar-refractivity contribution in [1.82, 2.24) is 0 Å². The Kier molecular flexibility index (Phi) is 10.6. The molecule has 1 unspecified atom stereocenters. The Bertz CT molecular complexity index is 119. The van der Waals surface area contributed by atoms with Gasteiger partial charge < -0.3 is 11.7 Å². The van der Waals surface area contributed by atoms with Gasteiger partial charge in [-0.15, -0.1) is 5.92 Å².